The second-order valence-electron chi connectivity index (χ2n) is 5.66. The van der Waals surface area contributed by atoms with Crippen LogP contribution in [-0.4, -0.2) is 54.2 Å². The van der Waals surface area contributed by atoms with Gasteiger partial charge >= 0.3 is 0 Å². The van der Waals surface area contributed by atoms with Crippen LogP contribution in [0.25, 0.3) is 10.9 Å². The summed E-state index contributed by atoms with van der Waals surface area (Å²) in [5.74, 6) is -1.26. The molecule has 8 heteroatoms. The van der Waals surface area contributed by atoms with E-state index in [4.69, 9.17) is 9.47 Å². The lowest BCUT2D eigenvalue weighted by Crippen LogP contribution is -2.77. The number of fused-ring (bicyclic) bond motifs is 1. The molecule has 1 fully saturated rings. The van der Waals surface area contributed by atoms with Crippen molar-refractivity contribution >= 4 is 22.7 Å². The standard InChI is InChI=1S/C16H19N3O5/c1-23-15(7-10-8-17-12-6-4-3-5-11(10)12)13(21)19-16(9-20,24-2)14(22)18-15/h3-6,8,17,20H,7,9H2,1-2H3,(H,18,22)(H,19,21)/t15-,16-/m0/s1. The first kappa shape index (κ1) is 16.4. The number of aromatic nitrogens is 1. The number of nitrogens with one attached hydrogen (secondary N) is 3. The van der Waals surface area contributed by atoms with E-state index >= 15 is 0 Å². The van der Waals surface area contributed by atoms with Gasteiger partial charge in [0.1, 0.15) is 6.61 Å². The average molecular weight is 333 g/mol. The number of aliphatic hydroxyl groups is 1. The summed E-state index contributed by atoms with van der Waals surface area (Å²) in [5, 5.41) is 15.3. The first-order valence-electron chi connectivity index (χ1n) is 7.41. The lowest BCUT2D eigenvalue weighted by Gasteiger charge is -2.43. The van der Waals surface area contributed by atoms with Crippen LogP contribution < -0.4 is 10.6 Å². The second kappa shape index (κ2) is 5.90. The Kier molecular flexibility index (Phi) is 4.04. The summed E-state index contributed by atoms with van der Waals surface area (Å²) in [6.07, 6.45) is 1.89. The topological polar surface area (TPSA) is 113 Å². The van der Waals surface area contributed by atoms with Crippen LogP contribution in [0.4, 0.5) is 0 Å². The minimum atomic E-state index is -1.81. The molecule has 128 valence electrons. The van der Waals surface area contributed by atoms with E-state index < -0.39 is 29.9 Å². The number of aliphatic hydroxyl groups excluding tert-OH is 1. The SMILES string of the molecule is CO[C@]1(CO)NC(=O)[C@](Cc2c[nH]c3ccccc23)(OC)NC1=O. The highest BCUT2D eigenvalue weighted by atomic mass is 16.5. The molecule has 0 saturated carbocycles. The lowest BCUT2D eigenvalue weighted by atomic mass is 9.96. The van der Waals surface area contributed by atoms with Crippen molar-refractivity contribution in [1.82, 2.24) is 15.6 Å². The van der Waals surface area contributed by atoms with Crippen molar-refractivity contribution in [3.05, 3.63) is 36.0 Å². The highest BCUT2D eigenvalue weighted by Gasteiger charge is 2.55. The number of hydrogen-bond acceptors (Lipinski definition) is 5. The first-order valence-corrected chi connectivity index (χ1v) is 7.41. The van der Waals surface area contributed by atoms with Crippen LogP contribution in [0.3, 0.4) is 0 Å². The van der Waals surface area contributed by atoms with Gasteiger partial charge in [-0.2, -0.15) is 0 Å². The van der Waals surface area contributed by atoms with Gasteiger partial charge < -0.3 is 30.2 Å². The van der Waals surface area contributed by atoms with E-state index in [1.807, 2.05) is 24.3 Å². The van der Waals surface area contributed by atoms with E-state index in [2.05, 4.69) is 15.6 Å². The van der Waals surface area contributed by atoms with Crippen molar-refractivity contribution in [2.24, 2.45) is 0 Å². The molecule has 2 amide bonds. The fourth-order valence-electron chi connectivity index (χ4n) is 2.89. The van der Waals surface area contributed by atoms with Crippen LogP contribution in [-0.2, 0) is 25.5 Å². The molecule has 1 aromatic heterocycles. The maximum atomic E-state index is 12.6. The molecule has 0 aliphatic carbocycles. The monoisotopic (exact) mass is 333 g/mol. The molecule has 24 heavy (non-hydrogen) atoms. The fourth-order valence-corrected chi connectivity index (χ4v) is 2.89. The van der Waals surface area contributed by atoms with Crippen LogP contribution in [0.5, 0.6) is 0 Å². The van der Waals surface area contributed by atoms with Gasteiger partial charge in [-0.25, -0.2) is 0 Å². The third kappa shape index (κ3) is 2.35. The molecule has 2 aromatic rings. The lowest BCUT2D eigenvalue weighted by molar-refractivity contribution is -0.188. The van der Waals surface area contributed by atoms with E-state index in [9.17, 15) is 14.7 Å². The van der Waals surface area contributed by atoms with Crippen LogP contribution in [0.2, 0.25) is 0 Å². The smallest absolute Gasteiger partial charge is 0.278 e. The summed E-state index contributed by atoms with van der Waals surface area (Å²) in [6, 6.07) is 7.62. The van der Waals surface area contributed by atoms with E-state index in [1.165, 1.54) is 14.2 Å². The number of carbonyl (C=O) groups excluding carboxylic acids is 2. The van der Waals surface area contributed by atoms with Crippen LogP contribution in [0.15, 0.2) is 30.5 Å². The number of methoxy groups -OCH3 is 2. The Balaban J connectivity index is 1.95. The van der Waals surface area contributed by atoms with E-state index in [1.54, 1.807) is 6.20 Å². The van der Waals surface area contributed by atoms with Gasteiger partial charge in [0.25, 0.3) is 11.8 Å². The molecular weight excluding hydrogens is 314 g/mol. The Morgan fingerprint density at radius 1 is 1.04 bits per heavy atom. The van der Waals surface area contributed by atoms with Crippen molar-refractivity contribution in [1.29, 1.82) is 0 Å². The number of piperazine rings is 1. The maximum Gasteiger partial charge on any atom is 0.278 e. The predicted octanol–water partition coefficient (Wildman–Crippen LogP) is -0.366. The number of ether oxygens (including phenoxy) is 2. The van der Waals surface area contributed by atoms with Crippen LogP contribution in [0.1, 0.15) is 5.56 Å². The molecule has 0 spiro atoms. The van der Waals surface area contributed by atoms with Gasteiger partial charge in [-0.15, -0.1) is 0 Å². The largest absolute Gasteiger partial charge is 0.391 e. The summed E-state index contributed by atoms with van der Waals surface area (Å²) >= 11 is 0. The Morgan fingerprint density at radius 3 is 2.33 bits per heavy atom. The number of H-pyrrole nitrogens is 1. The molecule has 0 unspecified atom stereocenters. The van der Waals surface area contributed by atoms with E-state index in [0.717, 1.165) is 16.5 Å². The normalized spacial score (nSPS) is 27.1. The van der Waals surface area contributed by atoms with Crippen molar-refractivity contribution in [2.75, 3.05) is 20.8 Å². The zero-order valence-corrected chi connectivity index (χ0v) is 13.4. The summed E-state index contributed by atoms with van der Waals surface area (Å²) in [7, 11) is 2.57. The van der Waals surface area contributed by atoms with Gasteiger partial charge in [0, 0.05) is 37.7 Å². The molecule has 4 N–H and O–H groups in total. The number of hydrogen-bond donors (Lipinski definition) is 4. The van der Waals surface area contributed by atoms with Crippen molar-refractivity contribution in [3.8, 4) is 0 Å². The van der Waals surface area contributed by atoms with Crippen molar-refractivity contribution < 1.29 is 24.2 Å². The van der Waals surface area contributed by atoms with Crippen molar-refractivity contribution in [2.45, 2.75) is 17.9 Å². The summed E-state index contributed by atoms with van der Waals surface area (Å²) in [5.41, 5.74) is -1.65. The number of carbonyl (C=O) groups is 2. The van der Waals surface area contributed by atoms with Gasteiger partial charge in [-0.05, 0) is 11.6 Å². The highest BCUT2D eigenvalue weighted by molar-refractivity contribution is 6.01. The quantitative estimate of drug-likeness (QED) is 0.597. The Morgan fingerprint density at radius 2 is 1.67 bits per heavy atom. The predicted molar refractivity (Wildman–Crippen MR) is 84.9 cm³/mol. The summed E-state index contributed by atoms with van der Waals surface area (Å²) < 4.78 is 10.4. The van der Waals surface area contributed by atoms with Gasteiger partial charge in [0.15, 0.2) is 0 Å². The number of amides is 2. The first-order chi connectivity index (χ1) is 11.5. The van der Waals surface area contributed by atoms with Gasteiger partial charge in [-0.1, -0.05) is 18.2 Å². The zero-order chi connectivity index (χ0) is 17.4. The molecule has 2 atom stereocenters. The molecule has 1 saturated heterocycles. The second-order valence-corrected chi connectivity index (χ2v) is 5.66. The highest BCUT2D eigenvalue weighted by Crippen LogP contribution is 2.26. The van der Waals surface area contributed by atoms with E-state index in [0.29, 0.717) is 0 Å². The van der Waals surface area contributed by atoms with Crippen LogP contribution in [0, 0.1) is 0 Å². The molecule has 0 radical (unpaired) electrons. The average Bonchev–Trinajstić information content (AvgIpc) is 3.01. The minimum absolute atomic E-state index is 0.121. The molecule has 0 bridgehead atoms. The Labute approximate surface area is 138 Å². The number of aromatic amines is 1. The third-order valence-electron chi connectivity index (χ3n) is 4.40. The summed E-state index contributed by atoms with van der Waals surface area (Å²) in [6.45, 7) is -0.687. The van der Waals surface area contributed by atoms with Gasteiger partial charge in [-0.3, -0.25) is 9.59 Å². The van der Waals surface area contributed by atoms with Crippen LogP contribution >= 0.6 is 0 Å². The van der Waals surface area contributed by atoms with Gasteiger partial charge in [0.05, 0.1) is 0 Å². The third-order valence-corrected chi connectivity index (χ3v) is 4.40. The molecule has 3 rings (SSSR count). The zero-order valence-electron chi connectivity index (χ0n) is 13.4. The van der Waals surface area contributed by atoms with Gasteiger partial charge in [0.2, 0.25) is 11.4 Å². The Hall–Kier alpha value is -2.42. The number of benzene rings is 1. The number of rotatable bonds is 5. The maximum absolute atomic E-state index is 12.6. The molecular formula is C16H19N3O5. The minimum Gasteiger partial charge on any atom is -0.391 e. The Bertz CT molecular complexity index is 783. The molecule has 1 aliphatic heterocycles. The van der Waals surface area contributed by atoms with Crippen molar-refractivity contribution in [3.63, 3.8) is 0 Å². The number of para-hydroxylation sites is 1. The molecule has 1 aromatic carbocycles. The fraction of sp³-hybridized carbons (Fsp3) is 0.375. The molecule has 2 heterocycles. The molecule has 8 nitrogen and oxygen atoms in total. The van der Waals surface area contributed by atoms with E-state index in [-0.39, 0.29) is 6.42 Å². The molecule has 1 aliphatic rings. The summed E-state index contributed by atoms with van der Waals surface area (Å²) in [4.78, 5) is 28.1.